The summed E-state index contributed by atoms with van der Waals surface area (Å²) >= 11 is 1.30. The molecular weight excluding hydrogens is 339 g/mol. The molecule has 5 nitrogen and oxygen atoms in total. The third kappa shape index (κ3) is 4.24. The predicted octanol–water partition coefficient (Wildman–Crippen LogP) is 3.75. The Bertz CT molecular complexity index is 892. The van der Waals surface area contributed by atoms with Gasteiger partial charge < -0.3 is 5.32 Å². The van der Waals surface area contributed by atoms with Gasteiger partial charge in [-0.25, -0.2) is 4.39 Å². The molecule has 128 valence electrons. The Kier molecular flexibility index (Phi) is 5.14. The van der Waals surface area contributed by atoms with E-state index in [9.17, 15) is 9.18 Å². The van der Waals surface area contributed by atoms with E-state index in [0.29, 0.717) is 10.8 Å². The highest BCUT2D eigenvalue weighted by molar-refractivity contribution is 7.99. The van der Waals surface area contributed by atoms with Crippen LogP contribution in [0.1, 0.15) is 11.4 Å². The monoisotopic (exact) mass is 356 g/mol. The lowest BCUT2D eigenvalue weighted by molar-refractivity contribution is -0.113. The van der Waals surface area contributed by atoms with Crippen molar-refractivity contribution in [3.63, 3.8) is 0 Å². The van der Waals surface area contributed by atoms with Gasteiger partial charge in [0.25, 0.3) is 0 Å². The molecule has 7 heteroatoms. The summed E-state index contributed by atoms with van der Waals surface area (Å²) in [5.74, 6) is 0.413. The largest absolute Gasteiger partial charge is 0.325 e. The molecule has 0 aliphatic carbocycles. The molecule has 1 amide bonds. The zero-order valence-corrected chi connectivity index (χ0v) is 14.7. The Balaban J connectivity index is 1.69. The number of aromatic nitrogens is 3. The third-order valence-corrected chi connectivity index (χ3v) is 4.44. The molecule has 3 rings (SSSR count). The molecule has 0 saturated carbocycles. The minimum atomic E-state index is -0.339. The number of carbonyl (C=O) groups is 1. The Morgan fingerprint density at radius 3 is 2.64 bits per heavy atom. The molecule has 0 fully saturated rings. The first-order valence-corrected chi connectivity index (χ1v) is 8.69. The standard InChI is InChI=1S/C18H17FN4OS/c1-12-4-3-5-16(10-12)23-13(2)21-22-18(23)25-11-17(24)20-15-8-6-14(19)7-9-15/h3-10H,11H2,1-2H3,(H,20,24). The van der Waals surface area contributed by atoms with E-state index in [-0.39, 0.29) is 17.5 Å². The van der Waals surface area contributed by atoms with Crippen LogP contribution < -0.4 is 5.32 Å². The van der Waals surface area contributed by atoms with E-state index in [0.717, 1.165) is 17.1 Å². The van der Waals surface area contributed by atoms with Crippen LogP contribution in [0.25, 0.3) is 5.69 Å². The summed E-state index contributed by atoms with van der Waals surface area (Å²) in [5, 5.41) is 11.7. The molecule has 1 heterocycles. The fourth-order valence-corrected chi connectivity index (χ4v) is 3.16. The number of rotatable bonds is 5. The van der Waals surface area contributed by atoms with Crippen molar-refractivity contribution in [2.45, 2.75) is 19.0 Å². The van der Waals surface area contributed by atoms with Crippen LogP contribution in [0.5, 0.6) is 0 Å². The second-order valence-electron chi connectivity index (χ2n) is 5.55. The summed E-state index contributed by atoms with van der Waals surface area (Å²) in [6.07, 6.45) is 0. The van der Waals surface area contributed by atoms with Crippen LogP contribution in [0.3, 0.4) is 0 Å². The summed E-state index contributed by atoms with van der Waals surface area (Å²) in [6.45, 7) is 3.89. The molecule has 0 unspecified atom stereocenters. The number of aryl methyl sites for hydroxylation is 2. The SMILES string of the molecule is Cc1cccc(-n2c(C)nnc2SCC(=O)Nc2ccc(F)cc2)c1. The fourth-order valence-electron chi connectivity index (χ4n) is 2.36. The molecule has 0 saturated heterocycles. The maximum absolute atomic E-state index is 12.9. The van der Waals surface area contributed by atoms with Gasteiger partial charge in [0.1, 0.15) is 11.6 Å². The second kappa shape index (κ2) is 7.48. The maximum atomic E-state index is 12.9. The summed E-state index contributed by atoms with van der Waals surface area (Å²) in [4.78, 5) is 12.1. The van der Waals surface area contributed by atoms with Gasteiger partial charge in [-0.3, -0.25) is 9.36 Å². The summed E-state index contributed by atoms with van der Waals surface area (Å²) < 4.78 is 14.8. The van der Waals surface area contributed by atoms with Crippen LogP contribution in [0.4, 0.5) is 10.1 Å². The molecule has 2 aromatic carbocycles. The fraction of sp³-hybridized carbons (Fsp3) is 0.167. The Hall–Kier alpha value is -2.67. The highest BCUT2D eigenvalue weighted by Gasteiger charge is 2.13. The van der Waals surface area contributed by atoms with Gasteiger partial charge in [0.15, 0.2) is 5.16 Å². The van der Waals surface area contributed by atoms with Gasteiger partial charge in [-0.05, 0) is 55.8 Å². The molecule has 0 aliphatic heterocycles. The molecule has 0 atom stereocenters. The predicted molar refractivity (Wildman–Crippen MR) is 96.6 cm³/mol. The summed E-state index contributed by atoms with van der Waals surface area (Å²) in [7, 11) is 0. The van der Waals surface area contributed by atoms with Crippen LogP contribution in [-0.4, -0.2) is 26.4 Å². The average Bonchev–Trinajstić information content (AvgIpc) is 2.96. The first-order chi connectivity index (χ1) is 12.0. The molecule has 0 spiro atoms. The van der Waals surface area contributed by atoms with Gasteiger partial charge in [-0.1, -0.05) is 23.9 Å². The number of hydrogen-bond acceptors (Lipinski definition) is 4. The number of nitrogens with zero attached hydrogens (tertiary/aromatic N) is 3. The summed E-state index contributed by atoms with van der Waals surface area (Å²) in [5.41, 5.74) is 2.66. The lowest BCUT2D eigenvalue weighted by atomic mass is 10.2. The van der Waals surface area contributed by atoms with Gasteiger partial charge in [0.2, 0.25) is 5.91 Å². The van der Waals surface area contributed by atoms with Crippen molar-refractivity contribution >= 4 is 23.4 Å². The number of benzene rings is 2. The second-order valence-corrected chi connectivity index (χ2v) is 6.49. The third-order valence-electron chi connectivity index (χ3n) is 3.52. The smallest absolute Gasteiger partial charge is 0.234 e. The van der Waals surface area contributed by atoms with Crippen LogP contribution in [0, 0.1) is 19.7 Å². The normalized spacial score (nSPS) is 10.7. The highest BCUT2D eigenvalue weighted by Crippen LogP contribution is 2.22. The van der Waals surface area contributed by atoms with E-state index in [1.54, 1.807) is 0 Å². The maximum Gasteiger partial charge on any atom is 0.234 e. The van der Waals surface area contributed by atoms with Crippen molar-refractivity contribution in [3.05, 3.63) is 65.7 Å². The molecule has 3 aromatic rings. The molecule has 25 heavy (non-hydrogen) atoms. The Morgan fingerprint density at radius 1 is 1.16 bits per heavy atom. The quantitative estimate of drug-likeness (QED) is 0.707. The van der Waals surface area contributed by atoms with Crippen LogP contribution in [0.15, 0.2) is 53.7 Å². The van der Waals surface area contributed by atoms with E-state index in [2.05, 4.69) is 15.5 Å². The lowest BCUT2D eigenvalue weighted by Crippen LogP contribution is -2.14. The van der Waals surface area contributed by atoms with Crippen molar-refractivity contribution in [2.24, 2.45) is 0 Å². The van der Waals surface area contributed by atoms with Gasteiger partial charge in [0.05, 0.1) is 5.75 Å². The minimum absolute atomic E-state index is 0.182. The van der Waals surface area contributed by atoms with E-state index in [1.807, 2.05) is 42.7 Å². The van der Waals surface area contributed by atoms with Crippen molar-refractivity contribution in [3.8, 4) is 5.69 Å². The van der Waals surface area contributed by atoms with Gasteiger partial charge in [-0.2, -0.15) is 0 Å². The number of halogens is 1. The molecule has 0 aliphatic rings. The van der Waals surface area contributed by atoms with E-state index >= 15 is 0 Å². The lowest BCUT2D eigenvalue weighted by Gasteiger charge is -2.09. The van der Waals surface area contributed by atoms with Gasteiger partial charge in [0, 0.05) is 11.4 Å². The van der Waals surface area contributed by atoms with Crippen molar-refractivity contribution in [1.82, 2.24) is 14.8 Å². The molecule has 1 aromatic heterocycles. The van der Waals surface area contributed by atoms with Crippen LogP contribution in [-0.2, 0) is 4.79 Å². The van der Waals surface area contributed by atoms with E-state index < -0.39 is 0 Å². The van der Waals surface area contributed by atoms with Gasteiger partial charge in [-0.15, -0.1) is 10.2 Å². The average molecular weight is 356 g/mol. The van der Waals surface area contributed by atoms with E-state index in [1.165, 1.54) is 36.0 Å². The number of hydrogen-bond donors (Lipinski definition) is 1. The zero-order chi connectivity index (χ0) is 17.8. The first kappa shape index (κ1) is 17.2. The highest BCUT2D eigenvalue weighted by atomic mass is 32.2. The molecule has 0 radical (unpaired) electrons. The van der Waals surface area contributed by atoms with Crippen LogP contribution in [0.2, 0.25) is 0 Å². The van der Waals surface area contributed by atoms with E-state index in [4.69, 9.17) is 0 Å². The number of thioether (sulfide) groups is 1. The topological polar surface area (TPSA) is 59.8 Å². The van der Waals surface area contributed by atoms with Crippen molar-refractivity contribution < 1.29 is 9.18 Å². The first-order valence-electron chi connectivity index (χ1n) is 7.70. The van der Waals surface area contributed by atoms with Gasteiger partial charge >= 0.3 is 0 Å². The number of anilines is 1. The van der Waals surface area contributed by atoms with Crippen molar-refractivity contribution in [2.75, 3.05) is 11.1 Å². The van der Waals surface area contributed by atoms with Crippen molar-refractivity contribution in [1.29, 1.82) is 0 Å². The molecule has 1 N–H and O–H groups in total. The number of amides is 1. The summed E-state index contributed by atoms with van der Waals surface area (Å²) in [6, 6.07) is 13.7. The Morgan fingerprint density at radius 2 is 1.92 bits per heavy atom. The zero-order valence-electron chi connectivity index (χ0n) is 13.9. The number of nitrogens with one attached hydrogen (secondary N) is 1. The minimum Gasteiger partial charge on any atom is -0.325 e. The van der Waals surface area contributed by atoms with Crippen LogP contribution >= 0.6 is 11.8 Å². The Labute approximate surface area is 149 Å². The number of carbonyl (C=O) groups excluding carboxylic acids is 1. The molecular formula is C18H17FN4OS. The molecule has 0 bridgehead atoms.